The van der Waals surface area contributed by atoms with Crippen molar-refractivity contribution in [1.82, 2.24) is 14.3 Å². The fraction of sp³-hybridized carbons (Fsp3) is 0.481. The van der Waals surface area contributed by atoms with Crippen LogP contribution in [-0.4, -0.2) is 46.5 Å². The Morgan fingerprint density at radius 3 is 2.75 bits per heavy atom. The number of aryl methyl sites for hydroxylation is 1. The minimum absolute atomic E-state index is 0.293. The van der Waals surface area contributed by atoms with Crippen molar-refractivity contribution in [1.29, 1.82) is 0 Å². The van der Waals surface area contributed by atoms with Crippen molar-refractivity contribution in [3.05, 3.63) is 71.7 Å². The molecule has 2 aromatic heterocycles. The second-order valence-electron chi connectivity index (χ2n) is 9.64. The van der Waals surface area contributed by atoms with Crippen molar-refractivity contribution < 1.29 is 9.53 Å². The Morgan fingerprint density at radius 1 is 1.12 bits per heavy atom. The molecule has 1 atom stereocenters. The second kappa shape index (κ2) is 9.07. The maximum Gasteiger partial charge on any atom is 0.233 e. The molecule has 1 saturated heterocycles. The van der Waals surface area contributed by atoms with Gasteiger partial charge >= 0.3 is 0 Å². The van der Waals surface area contributed by atoms with E-state index in [4.69, 9.17) is 4.74 Å². The zero-order chi connectivity index (χ0) is 22.0. The number of benzene rings is 1. The molecule has 168 valence electrons. The van der Waals surface area contributed by atoms with Gasteiger partial charge in [0.05, 0.1) is 18.6 Å². The highest BCUT2D eigenvalue weighted by molar-refractivity contribution is 5.88. The molecule has 5 heteroatoms. The summed E-state index contributed by atoms with van der Waals surface area (Å²) < 4.78 is 8.02. The number of carbonyl (C=O) groups is 1. The Balaban J connectivity index is 1.37. The Kier molecular flexibility index (Phi) is 6.01. The molecule has 0 bridgehead atoms. The van der Waals surface area contributed by atoms with E-state index in [1.54, 1.807) is 0 Å². The van der Waals surface area contributed by atoms with E-state index in [2.05, 4.69) is 63.8 Å². The van der Waals surface area contributed by atoms with Gasteiger partial charge in [-0.15, -0.1) is 0 Å². The van der Waals surface area contributed by atoms with Gasteiger partial charge in [-0.05, 0) is 43.4 Å². The lowest BCUT2D eigenvalue weighted by Crippen LogP contribution is -2.50. The maximum absolute atomic E-state index is 14.1. The molecule has 2 fully saturated rings. The Labute approximate surface area is 190 Å². The Morgan fingerprint density at radius 2 is 1.94 bits per heavy atom. The molecule has 5 rings (SSSR count). The summed E-state index contributed by atoms with van der Waals surface area (Å²) >= 11 is 0. The summed E-state index contributed by atoms with van der Waals surface area (Å²) in [5.74, 6) is 0.600. The van der Waals surface area contributed by atoms with E-state index in [0.29, 0.717) is 31.6 Å². The molecule has 1 aliphatic carbocycles. The fourth-order valence-electron chi connectivity index (χ4n) is 5.57. The van der Waals surface area contributed by atoms with Crippen LogP contribution >= 0.6 is 0 Å². The molecule has 32 heavy (non-hydrogen) atoms. The van der Waals surface area contributed by atoms with E-state index in [9.17, 15) is 4.79 Å². The van der Waals surface area contributed by atoms with Gasteiger partial charge in [-0.25, -0.2) is 4.98 Å². The van der Waals surface area contributed by atoms with Crippen LogP contribution in [0.25, 0.3) is 5.65 Å². The highest BCUT2D eigenvalue weighted by Gasteiger charge is 2.44. The number of pyridine rings is 1. The average Bonchev–Trinajstić information content (AvgIpc) is 3.17. The van der Waals surface area contributed by atoms with Crippen LogP contribution in [-0.2, 0) is 21.4 Å². The third-order valence-corrected chi connectivity index (χ3v) is 7.32. The molecule has 0 N–H and O–H groups in total. The predicted molar refractivity (Wildman–Crippen MR) is 126 cm³/mol. The van der Waals surface area contributed by atoms with Crippen molar-refractivity contribution in [3.63, 3.8) is 0 Å². The summed E-state index contributed by atoms with van der Waals surface area (Å²) in [5.41, 5.74) is 4.27. The lowest BCUT2D eigenvalue weighted by atomic mass is 9.68. The van der Waals surface area contributed by atoms with Crippen LogP contribution in [0.15, 0.2) is 55.0 Å². The largest absolute Gasteiger partial charge is 0.379 e. The van der Waals surface area contributed by atoms with Crippen LogP contribution < -0.4 is 0 Å². The van der Waals surface area contributed by atoms with Gasteiger partial charge in [-0.2, -0.15) is 0 Å². The molecule has 0 spiro atoms. The highest BCUT2D eigenvalue weighted by atomic mass is 16.5. The SMILES string of the molecule is Cc1ccc(C2(C(=O)N3CCOC[C@H](Cc4ccc5nccn5c4)C3)CCCCC2)cc1. The Bertz CT molecular complexity index is 1070. The fourth-order valence-corrected chi connectivity index (χ4v) is 5.57. The number of amides is 1. The van der Waals surface area contributed by atoms with Gasteiger partial charge in [0.2, 0.25) is 5.91 Å². The standard InChI is InChI=1S/C27H33N3O2/c1-21-5-8-24(9-6-21)27(11-3-2-4-12-27)26(31)30-15-16-32-20-23(19-30)17-22-7-10-25-28-13-14-29(25)18-22/h5-10,13-14,18,23H,2-4,11-12,15-17,19-20H2,1H3/t23-/m1/s1. The van der Waals surface area contributed by atoms with E-state index in [1.165, 1.54) is 23.1 Å². The maximum atomic E-state index is 14.1. The van der Waals surface area contributed by atoms with Gasteiger partial charge in [0.25, 0.3) is 0 Å². The molecule has 5 nitrogen and oxygen atoms in total. The number of nitrogens with zero attached hydrogens (tertiary/aromatic N) is 3. The number of hydrogen-bond acceptors (Lipinski definition) is 3. The van der Waals surface area contributed by atoms with E-state index in [-0.39, 0.29) is 5.41 Å². The lowest BCUT2D eigenvalue weighted by molar-refractivity contribution is -0.139. The number of ether oxygens (including phenoxy) is 1. The molecule has 1 amide bonds. The zero-order valence-electron chi connectivity index (χ0n) is 19.0. The Hall–Kier alpha value is -2.66. The second-order valence-corrected chi connectivity index (χ2v) is 9.64. The predicted octanol–water partition coefficient (Wildman–Crippen LogP) is 4.56. The highest BCUT2D eigenvalue weighted by Crippen LogP contribution is 2.41. The summed E-state index contributed by atoms with van der Waals surface area (Å²) in [6.07, 6.45) is 12.2. The first-order chi connectivity index (χ1) is 15.6. The monoisotopic (exact) mass is 431 g/mol. The van der Waals surface area contributed by atoms with Gasteiger partial charge in [0.1, 0.15) is 5.65 Å². The van der Waals surface area contributed by atoms with Crippen LogP contribution in [0.5, 0.6) is 0 Å². The van der Waals surface area contributed by atoms with Crippen molar-refractivity contribution in [2.75, 3.05) is 26.3 Å². The number of aromatic nitrogens is 2. The number of hydrogen-bond donors (Lipinski definition) is 0. The molecular formula is C27H33N3O2. The van der Waals surface area contributed by atoms with Crippen LogP contribution in [0.3, 0.4) is 0 Å². The lowest BCUT2D eigenvalue weighted by Gasteiger charge is -2.40. The molecule has 0 unspecified atom stereocenters. The average molecular weight is 432 g/mol. The van der Waals surface area contributed by atoms with Gasteiger partial charge in [0.15, 0.2) is 0 Å². The molecule has 1 saturated carbocycles. The zero-order valence-corrected chi connectivity index (χ0v) is 19.0. The van der Waals surface area contributed by atoms with Crippen molar-refractivity contribution in [2.24, 2.45) is 5.92 Å². The van der Waals surface area contributed by atoms with Gasteiger partial charge in [0, 0.05) is 37.6 Å². The van der Waals surface area contributed by atoms with Gasteiger partial charge in [-0.3, -0.25) is 4.79 Å². The summed E-state index contributed by atoms with van der Waals surface area (Å²) in [6.45, 7) is 4.87. The van der Waals surface area contributed by atoms with Crippen molar-refractivity contribution >= 4 is 11.6 Å². The van der Waals surface area contributed by atoms with E-state index < -0.39 is 0 Å². The van der Waals surface area contributed by atoms with Crippen LogP contribution in [0.1, 0.15) is 48.8 Å². The number of imidazole rings is 1. The summed E-state index contributed by atoms with van der Waals surface area (Å²) in [7, 11) is 0. The van der Waals surface area contributed by atoms with Gasteiger partial charge < -0.3 is 14.0 Å². The van der Waals surface area contributed by atoms with Crippen LogP contribution in [0.2, 0.25) is 0 Å². The molecule has 0 radical (unpaired) electrons. The molecule has 3 heterocycles. The third kappa shape index (κ3) is 4.18. The summed E-state index contributed by atoms with van der Waals surface area (Å²) in [4.78, 5) is 20.6. The van der Waals surface area contributed by atoms with E-state index in [0.717, 1.165) is 44.3 Å². The topological polar surface area (TPSA) is 46.8 Å². The number of rotatable bonds is 4. The first-order valence-corrected chi connectivity index (χ1v) is 12.0. The molecule has 2 aliphatic rings. The van der Waals surface area contributed by atoms with Crippen LogP contribution in [0.4, 0.5) is 0 Å². The van der Waals surface area contributed by atoms with Crippen LogP contribution in [0, 0.1) is 12.8 Å². The first kappa shape index (κ1) is 21.2. The van der Waals surface area contributed by atoms with Gasteiger partial charge in [-0.1, -0.05) is 55.2 Å². The van der Waals surface area contributed by atoms with E-state index in [1.807, 2.05) is 12.4 Å². The quantitative estimate of drug-likeness (QED) is 0.608. The third-order valence-electron chi connectivity index (χ3n) is 7.32. The van der Waals surface area contributed by atoms with Crippen molar-refractivity contribution in [2.45, 2.75) is 50.9 Å². The van der Waals surface area contributed by atoms with Crippen molar-refractivity contribution in [3.8, 4) is 0 Å². The molecule has 3 aromatic rings. The molecule has 1 aliphatic heterocycles. The number of fused-ring (bicyclic) bond motifs is 1. The van der Waals surface area contributed by atoms with E-state index >= 15 is 0 Å². The first-order valence-electron chi connectivity index (χ1n) is 12.0. The molecular weight excluding hydrogens is 398 g/mol. The molecule has 1 aromatic carbocycles. The summed E-state index contributed by atoms with van der Waals surface area (Å²) in [5, 5.41) is 0. The minimum atomic E-state index is -0.378. The smallest absolute Gasteiger partial charge is 0.233 e. The minimum Gasteiger partial charge on any atom is -0.379 e. The number of carbonyl (C=O) groups excluding carboxylic acids is 1. The normalized spacial score (nSPS) is 21.4. The summed E-state index contributed by atoms with van der Waals surface area (Å²) in [6, 6.07) is 12.9.